The highest BCUT2D eigenvalue weighted by Crippen LogP contribution is 2.36. The molecule has 1 aliphatic carbocycles. The zero-order chi connectivity index (χ0) is 25.8. The van der Waals surface area contributed by atoms with Crippen molar-refractivity contribution in [2.24, 2.45) is 0 Å². The fourth-order valence-corrected chi connectivity index (χ4v) is 5.87. The van der Waals surface area contributed by atoms with Crippen LogP contribution in [0.25, 0.3) is 0 Å². The van der Waals surface area contributed by atoms with Crippen LogP contribution in [-0.4, -0.2) is 38.7 Å². The van der Waals surface area contributed by atoms with E-state index in [0.717, 1.165) is 41.5 Å². The molecule has 0 saturated heterocycles. The maximum Gasteiger partial charge on any atom is 0.271 e. The summed E-state index contributed by atoms with van der Waals surface area (Å²) in [4.78, 5) is 24.2. The molecule has 2 aromatic rings. The minimum atomic E-state index is -4.00. The van der Waals surface area contributed by atoms with Crippen LogP contribution >= 0.6 is 0 Å². The van der Waals surface area contributed by atoms with Crippen molar-refractivity contribution in [2.75, 3.05) is 17.7 Å². The van der Waals surface area contributed by atoms with Crippen molar-refractivity contribution in [3.8, 4) is 5.75 Å². The maximum absolute atomic E-state index is 13.5. The first-order chi connectivity index (χ1) is 16.6. The number of nitro groups is 1. The Balaban J connectivity index is 1.97. The van der Waals surface area contributed by atoms with Crippen LogP contribution in [0.4, 0.5) is 11.4 Å². The van der Waals surface area contributed by atoms with E-state index in [2.05, 4.69) is 17.4 Å². The molecule has 0 heterocycles. The number of carbonyl (C=O) groups excluding carboxylic acids is 1. The van der Waals surface area contributed by atoms with Gasteiger partial charge in [-0.25, -0.2) is 8.42 Å². The number of amides is 1. The van der Waals surface area contributed by atoms with E-state index in [1.807, 2.05) is 13.0 Å². The van der Waals surface area contributed by atoms with Gasteiger partial charge in [0.2, 0.25) is 15.9 Å². The summed E-state index contributed by atoms with van der Waals surface area (Å²) in [5.74, 6) is -0.356. The molecule has 1 aliphatic rings. The average molecular weight is 504 g/mol. The van der Waals surface area contributed by atoms with Gasteiger partial charge in [-0.05, 0) is 61.3 Å². The summed E-state index contributed by atoms with van der Waals surface area (Å²) in [5.41, 5.74) is 3.27. The monoisotopic (exact) mass is 503 g/mol. The second-order valence-electron chi connectivity index (χ2n) is 8.80. The molecule has 3 rings (SSSR count). The van der Waals surface area contributed by atoms with Gasteiger partial charge in [0, 0.05) is 12.1 Å². The van der Waals surface area contributed by atoms with Crippen LogP contribution < -0.4 is 14.4 Å². The van der Waals surface area contributed by atoms with E-state index in [4.69, 9.17) is 4.74 Å². The van der Waals surface area contributed by atoms with Crippen molar-refractivity contribution in [3.05, 3.63) is 63.2 Å². The predicted octanol–water partition coefficient (Wildman–Crippen LogP) is 4.29. The van der Waals surface area contributed by atoms with Crippen molar-refractivity contribution < 1.29 is 22.9 Å². The van der Waals surface area contributed by atoms with Crippen molar-refractivity contribution in [2.45, 2.75) is 64.5 Å². The molecule has 0 spiro atoms. The number of sulfonamides is 1. The normalized spacial score (nSPS) is 15.0. The largest absolute Gasteiger partial charge is 0.495 e. The number of nitrogens with zero attached hydrogens (tertiary/aromatic N) is 2. The third kappa shape index (κ3) is 5.93. The standard InChI is InChI=1S/C25H33N3O6S/c1-5-21(19-12-11-17-9-7-8-10-18(17)15-19)26-25(29)22(6-2)27(35(4,32)33)23-16-20(28(30)31)13-14-24(23)34-3/h11-16,21-22H,5-10H2,1-4H3,(H,26,29)/t21-,22-/m1/s1. The second-order valence-corrected chi connectivity index (χ2v) is 10.7. The second kappa shape index (κ2) is 11.1. The number of anilines is 1. The van der Waals surface area contributed by atoms with Crippen LogP contribution in [0.15, 0.2) is 36.4 Å². The SMILES string of the molecule is CC[C@H](C(=O)N[C@H](CC)c1ccc2c(c1)CCCC2)N(c1cc([N+](=O)[O-])ccc1OC)S(C)(=O)=O. The number of hydrogen-bond acceptors (Lipinski definition) is 6. The van der Waals surface area contributed by atoms with E-state index in [0.29, 0.717) is 6.42 Å². The fraction of sp³-hybridized carbons (Fsp3) is 0.480. The number of hydrogen-bond donors (Lipinski definition) is 1. The number of carbonyl (C=O) groups is 1. The van der Waals surface area contributed by atoms with Gasteiger partial charge >= 0.3 is 0 Å². The Morgan fingerprint density at radius 1 is 1.11 bits per heavy atom. The fourth-order valence-electron chi connectivity index (χ4n) is 4.66. The lowest BCUT2D eigenvalue weighted by molar-refractivity contribution is -0.384. The molecular weight excluding hydrogens is 470 g/mol. The third-order valence-corrected chi connectivity index (χ3v) is 7.61. The van der Waals surface area contributed by atoms with Gasteiger partial charge in [-0.1, -0.05) is 32.0 Å². The molecule has 10 heteroatoms. The van der Waals surface area contributed by atoms with Gasteiger partial charge in [-0.2, -0.15) is 0 Å². The number of non-ortho nitro benzene ring substituents is 1. The Labute approximate surface area is 206 Å². The van der Waals surface area contributed by atoms with Crippen LogP contribution in [0, 0.1) is 10.1 Å². The zero-order valence-corrected chi connectivity index (χ0v) is 21.4. The molecule has 2 aromatic carbocycles. The Bertz CT molecular complexity index is 1200. The minimum Gasteiger partial charge on any atom is -0.495 e. The number of nitrogens with one attached hydrogen (secondary N) is 1. The smallest absolute Gasteiger partial charge is 0.271 e. The Morgan fingerprint density at radius 2 is 1.80 bits per heavy atom. The molecule has 0 fully saturated rings. The van der Waals surface area contributed by atoms with Crippen molar-refractivity contribution in [1.29, 1.82) is 0 Å². The molecule has 1 N–H and O–H groups in total. The van der Waals surface area contributed by atoms with Gasteiger partial charge in [-0.15, -0.1) is 0 Å². The zero-order valence-electron chi connectivity index (χ0n) is 20.6. The first kappa shape index (κ1) is 26.5. The summed E-state index contributed by atoms with van der Waals surface area (Å²) in [5, 5.41) is 14.4. The van der Waals surface area contributed by atoms with E-state index in [-0.39, 0.29) is 29.6 Å². The lowest BCUT2D eigenvalue weighted by Gasteiger charge is -2.32. The summed E-state index contributed by atoms with van der Waals surface area (Å²) in [6.45, 7) is 3.66. The molecule has 0 radical (unpaired) electrons. The Morgan fingerprint density at radius 3 is 2.37 bits per heavy atom. The lowest BCUT2D eigenvalue weighted by Crippen LogP contribution is -2.50. The van der Waals surface area contributed by atoms with Gasteiger partial charge < -0.3 is 10.1 Å². The Hall–Kier alpha value is -3.14. The van der Waals surface area contributed by atoms with Crippen molar-refractivity contribution in [1.82, 2.24) is 5.32 Å². The lowest BCUT2D eigenvalue weighted by atomic mass is 9.88. The molecule has 0 aromatic heterocycles. The van der Waals surface area contributed by atoms with Crippen molar-refractivity contribution >= 4 is 27.3 Å². The molecule has 1 amide bonds. The number of benzene rings is 2. The molecular formula is C25H33N3O6S. The molecule has 190 valence electrons. The number of aryl methyl sites for hydroxylation is 2. The summed E-state index contributed by atoms with van der Waals surface area (Å²) in [7, 11) is -2.66. The van der Waals surface area contributed by atoms with Crippen LogP contribution in [0.2, 0.25) is 0 Å². The van der Waals surface area contributed by atoms with Crippen molar-refractivity contribution in [3.63, 3.8) is 0 Å². The van der Waals surface area contributed by atoms with Crippen LogP contribution in [0.5, 0.6) is 5.75 Å². The highest BCUT2D eigenvalue weighted by Gasteiger charge is 2.35. The van der Waals surface area contributed by atoms with Crippen LogP contribution in [0.1, 0.15) is 62.3 Å². The maximum atomic E-state index is 13.5. The first-order valence-corrected chi connectivity index (χ1v) is 13.7. The molecule has 0 saturated carbocycles. The third-order valence-electron chi connectivity index (χ3n) is 6.44. The molecule has 2 atom stereocenters. The quantitative estimate of drug-likeness (QED) is 0.382. The summed E-state index contributed by atoms with van der Waals surface area (Å²) in [6.07, 6.45) is 6.16. The van der Waals surface area contributed by atoms with E-state index in [9.17, 15) is 23.3 Å². The van der Waals surface area contributed by atoms with Gasteiger partial charge in [0.25, 0.3) is 5.69 Å². The number of ether oxygens (including phenoxy) is 1. The number of methoxy groups -OCH3 is 1. The highest BCUT2D eigenvalue weighted by atomic mass is 32.2. The number of fused-ring (bicyclic) bond motifs is 1. The average Bonchev–Trinajstić information content (AvgIpc) is 2.84. The van der Waals surface area contributed by atoms with E-state index >= 15 is 0 Å². The van der Waals surface area contributed by atoms with Crippen LogP contribution in [0.3, 0.4) is 0 Å². The number of nitro benzene ring substituents is 1. The van der Waals surface area contributed by atoms with E-state index < -0.39 is 26.9 Å². The van der Waals surface area contributed by atoms with Crippen LogP contribution in [-0.2, 0) is 27.7 Å². The highest BCUT2D eigenvalue weighted by molar-refractivity contribution is 7.92. The minimum absolute atomic E-state index is 0.0481. The Kier molecular flexibility index (Phi) is 8.37. The van der Waals surface area contributed by atoms with Gasteiger partial charge in [0.15, 0.2) is 0 Å². The molecule has 0 aliphatic heterocycles. The molecule has 35 heavy (non-hydrogen) atoms. The summed E-state index contributed by atoms with van der Waals surface area (Å²) < 4.78 is 32.0. The molecule has 0 bridgehead atoms. The van der Waals surface area contributed by atoms with E-state index in [1.165, 1.54) is 36.8 Å². The number of rotatable bonds is 10. The topological polar surface area (TPSA) is 119 Å². The first-order valence-electron chi connectivity index (χ1n) is 11.8. The van der Waals surface area contributed by atoms with Gasteiger partial charge in [-0.3, -0.25) is 19.2 Å². The van der Waals surface area contributed by atoms with Gasteiger partial charge in [0.1, 0.15) is 17.5 Å². The molecule has 9 nitrogen and oxygen atoms in total. The summed E-state index contributed by atoms with van der Waals surface area (Å²) in [6, 6.07) is 8.55. The van der Waals surface area contributed by atoms with E-state index in [1.54, 1.807) is 6.92 Å². The summed E-state index contributed by atoms with van der Waals surface area (Å²) >= 11 is 0. The van der Waals surface area contributed by atoms with Gasteiger partial charge in [0.05, 0.1) is 24.3 Å². The predicted molar refractivity (Wildman–Crippen MR) is 135 cm³/mol. The molecule has 0 unspecified atom stereocenters.